The van der Waals surface area contributed by atoms with Crippen LogP contribution in [0.1, 0.15) is 52.0 Å². The molecule has 0 saturated heterocycles. The standard InChI is InChI=1S/2C11H13NS/c1-11(2,3)10-6-8-7-12-5-4-9(8)13-10;1-11(2,3)8-4-5-9-10(6-8)13-7-12-9/h2*4-7H,1-3H3. The fraction of sp³-hybridized carbons (Fsp3) is 0.364. The van der Waals surface area contributed by atoms with Crippen molar-refractivity contribution in [1.82, 2.24) is 9.97 Å². The minimum Gasteiger partial charge on any atom is -0.264 e. The number of pyridine rings is 1. The second-order valence-electron chi connectivity index (χ2n) is 8.56. The van der Waals surface area contributed by atoms with Gasteiger partial charge in [0.1, 0.15) is 0 Å². The van der Waals surface area contributed by atoms with Crippen LogP contribution in [-0.4, -0.2) is 9.97 Å². The number of benzene rings is 1. The van der Waals surface area contributed by atoms with Gasteiger partial charge < -0.3 is 0 Å². The minimum absolute atomic E-state index is 0.234. The molecule has 0 aliphatic heterocycles. The molecule has 0 fully saturated rings. The van der Waals surface area contributed by atoms with E-state index >= 15 is 0 Å². The van der Waals surface area contributed by atoms with E-state index in [-0.39, 0.29) is 10.8 Å². The molecule has 4 rings (SSSR count). The van der Waals surface area contributed by atoms with Crippen LogP contribution in [0.2, 0.25) is 0 Å². The molecule has 136 valence electrons. The van der Waals surface area contributed by atoms with Crippen molar-refractivity contribution in [2.75, 3.05) is 0 Å². The van der Waals surface area contributed by atoms with Crippen LogP contribution in [0.5, 0.6) is 0 Å². The molecule has 1 aromatic carbocycles. The molecule has 0 saturated carbocycles. The Hall–Kier alpha value is -1.78. The molecule has 0 atom stereocenters. The molecule has 0 N–H and O–H groups in total. The summed E-state index contributed by atoms with van der Waals surface area (Å²) in [6.45, 7) is 13.4. The molecule has 0 aliphatic rings. The molecule has 0 spiro atoms. The van der Waals surface area contributed by atoms with Crippen molar-refractivity contribution in [3.63, 3.8) is 0 Å². The van der Waals surface area contributed by atoms with Gasteiger partial charge in [0.25, 0.3) is 0 Å². The summed E-state index contributed by atoms with van der Waals surface area (Å²) in [6, 6.07) is 10.8. The smallest absolute Gasteiger partial charge is 0.0812 e. The maximum absolute atomic E-state index is 4.26. The predicted octanol–water partition coefficient (Wildman–Crippen LogP) is 7.19. The Bertz CT molecular complexity index is 969. The first-order valence-electron chi connectivity index (χ1n) is 8.82. The molecule has 4 aromatic rings. The van der Waals surface area contributed by atoms with E-state index in [2.05, 4.69) is 81.8 Å². The maximum Gasteiger partial charge on any atom is 0.0812 e. The molecule has 0 bridgehead atoms. The average Bonchev–Trinajstić information content (AvgIpc) is 3.20. The van der Waals surface area contributed by atoms with Gasteiger partial charge in [0.05, 0.1) is 15.7 Å². The molecule has 0 aliphatic carbocycles. The van der Waals surface area contributed by atoms with Crippen molar-refractivity contribution in [3.05, 3.63) is 58.7 Å². The SMILES string of the molecule is CC(C)(C)c1cc2cnccc2s1.CC(C)(C)c1ccc2ncsc2c1. The number of fused-ring (bicyclic) bond motifs is 2. The predicted molar refractivity (Wildman–Crippen MR) is 117 cm³/mol. The van der Waals surface area contributed by atoms with Gasteiger partial charge in [-0.1, -0.05) is 47.6 Å². The lowest BCUT2D eigenvalue weighted by molar-refractivity contribution is 0.591. The number of aromatic nitrogens is 2. The van der Waals surface area contributed by atoms with Gasteiger partial charge in [0.15, 0.2) is 0 Å². The van der Waals surface area contributed by atoms with Crippen LogP contribution >= 0.6 is 22.7 Å². The van der Waals surface area contributed by atoms with E-state index in [9.17, 15) is 0 Å². The molecule has 0 unspecified atom stereocenters. The number of hydrogen-bond acceptors (Lipinski definition) is 4. The normalized spacial score (nSPS) is 12.2. The van der Waals surface area contributed by atoms with E-state index < -0.39 is 0 Å². The number of rotatable bonds is 0. The first-order valence-corrected chi connectivity index (χ1v) is 10.5. The van der Waals surface area contributed by atoms with Gasteiger partial charge in [-0.25, -0.2) is 4.98 Å². The number of nitrogens with zero attached hydrogens (tertiary/aromatic N) is 2. The van der Waals surface area contributed by atoms with E-state index in [0.29, 0.717) is 0 Å². The number of thiophene rings is 1. The lowest BCUT2D eigenvalue weighted by atomic mass is 9.87. The van der Waals surface area contributed by atoms with E-state index in [0.717, 1.165) is 5.52 Å². The Morgan fingerprint density at radius 1 is 0.846 bits per heavy atom. The van der Waals surface area contributed by atoms with Gasteiger partial charge in [0, 0.05) is 27.4 Å². The Balaban J connectivity index is 0.000000151. The van der Waals surface area contributed by atoms with E-state index in [1.807, 2.05) is 29.2 Å². The third-order valence-corrected chi connectivity index (χ3v) is 6.59. The highest BCUT2D eigenvalue weighted by Gasteiger charge is 2.16. The molecule has 26 heavy (non-hydrogen) atoms. The molecule has 3 aromatic heterocycles. The van der Waals surface area contributed by atoms with Crippen LogP contribution in [0.4, 0.5) is 0 Å². The van der Waals surface area contributed by atoms with Crippen molar-refractivity contribution in [1.29, 1.82) is 0 Å². The van der Waals surface area contributed by atoms with Crippen LogP contribution < -0.4 is 0 Å². The molecule has 0 radical (unpaired) electrons. The Morgan fingerprint density at radius 2 is 1.62 bits per heavy atom. The molecule has 0 amide bonds. The molecule has 2 nitrogen and oxygen atoms in total. The number of thiazole rings is 1. The second kappa shape index (κ2) is 7.09. The summed E-state index contributed by atoms with van der Waals surface area (Å²) >= 11 is 3.57. The van der Waals surface area contributed by atoms with E-state index in [1.54, 1.807) is 11.3 Å². The van der Waals surface area contributed by atoms with Crippen LogP contribution in [0, 0.1) is 0 Å². The monoisotopic (exact) mass is 382 g/mol. The first kappa shape index (κ1) is 19.0. The zero-order valence-electron chi connectivity index (χ0n) is 16.3. The van der Waals surface area contributed by atoms with E-state index in [1.165, 1.54) is 25.2 Å². The van der Waals surface area contributed by atoms with Crippen molar-refractivity contribution < 1.29 is 0 Å². The fourth-order valence-corrected chi connectivity index (χ4v) is 4.38. The van der Waals surface area contributed by atoms with Gasteiger partial charge in [-0.05, 0) is 40.7 Å². The van der Waals surface area contributed by atoms with Gasteiger partial charge in [-0.15, -0.1) is 22.7 Å². The molecular weight excluding hydrogens is 356 g/mol. The summed E-state index contributed by atoms with van der Waals surface area (Å²) in [4.78, 5) is 9.80. The second-order valence-corrected chi connectivity index (χ2v) is 10.5. The molecule has 3 heterocycles. The first-order chi connectivity index (χ1) is 12.1. The lowest BCUT2D eigenvalue weighted by Gasteiger charge is -2.18. The van der Waals surface area contributed by atoms with Gasteiger partial charge in [-0.3, -0.25) is 4.98 Å². The summed E-state index contributed by atoms with van der Waals surface area (Å²) in [5, 5.41) is 1.26. The quantitative estimate of drug-likeness (QED) is 0.322. The van der Waals surface area contributed by atoms with Crippen LogP contribution in [0.15, 0.2) is 48.2 Å². The highest BCUT2D eigenvalue weighted by Crippen LogP contribution is 2.33. The molecular formula is C22H26N2S2. The summed E-state index contributed by atoms with van der Waals surface area (Å²) < 4.78 is 2.62. The number of hydrogen-bond donors (Lipinski definition) is 0. The minimum atomic E-state index is 0.234. The fourth-order valence-electron chi connectivity index (χ4n) is 2.58. The summed E-state index contributed by atoms with van der Waals surface area (Å²) in [7, 11) is 0. The average molecular weight is 383 g/mol. The Morgan fingerprint density at radius 3 is 2.27 bits per heavy atom. The van der Waals surface area contributed by atoms with Crippen molar-refractivity contribution in [2.45, 2.75) is 52.4 Å². The van der Waals surface area contributed by atoms with Gasteiger partial charge >= 0.3 is 0 Å². The third kappa shape index (κ3) is 4.30. The van der Waals surface area contributed by atoms with Crippen LogP contribution in [-0.2, 0) is 10.8 Å². The zero-order valence-corrected chi connectivity index (χ0v) is 18.0. The Labute approximate surface area is 163 Å². The van der Waals surface area contributed by atoms with Crippen molar-refractivity contribution in [3.8, 4) is 0 Å². The highest BCUT2D eigenvalue weighted by molar-refractivity contribution is 7.19. The lowest BCUT2D eigenvalue weighted by Crippen LogP contribution is -2.10. The summed E-state index contributed by atoms with van der Waals surface area (Å²) in [5.74, 6) is 0. The van der Waals surface area contributed by atoms with Gasteiger partial charge in [0.2, 0.25) is 0 Å². The molecule has 4 heteroatoms. The third-order valence-electron chi connectivity index (χ3n) is 4.25. The zero-order chi connectivity index (χ0) is 18.9. The van der Waals surface area contributed by atoms with Gasteiger partial charge in [-0.2, -0.15) is 0 Å². The van der Waals surface area contributed by atoms with Crippen LogP contribution in [0.3, 0.4) is 0 Å². The highest BCUT2D eigenvalue weighted by atomic mass is 32.1. The van der Waals surface area contributed by atoms with Crippen molar-refractivity contribution >= 4 is 43.0 Å². The Kier molecular flexibility index (Phi) is 5.18. The maximum atomic E-state index is 4.26. The summed E-state index contributed by atoms with van der Waals surface area (Å²) in [5.41, 5.74) is 4.88. The summed E-state index contributed by atoms with van der Waals surface area (Å²) in [6.07, 6.45) is 3.78. The van der Waals surface area contributed by atoms with Crippen molar-refractivity contribution in [2.24, 2.45) is 0 Å². The largest absolute Gasteiger partial charge is 0.264 e. The topological polar surface area (TPSA) is 25.8 Å². The van der Waals surface area contributed by atoms with Crippen LogP contribution in [0.25, 0.3) is 20.3 Å². The van der Waals surface area contributed by atoms with E-state index in [4.69, 9.17) is 0 Å².